The maximum atomic E-state index is 3.64. The molecule has 4 rings (SSSR count). The van der Waals surface area contributed by atoms with Crippen molar-refractivity contribution >= 4 is 0 Å². The fraction of sp³-hybridized carbons (Fsp3) is 0.737. The van der Waals surface area contributed by atoms with E-state index in [0.717, 1.165) is 17.8 Å². The first kappa shape index (κ1) is 12.0. The van der Waals surface area contributed by atoms with Gasteiger partial charge in [-0.05, 0) is 85.2 Å². The summed E-state index contributed by atoms with van der Waals surface area (Å²) in [6, 6.07) is 0. The molecule has 0 heteroatoms. The second kappa shape index (κ2) is 3.89. The van der Waals surface area contributed by atoms with Crippen LogP contribution in [-0.2, 0) is 0 Å². The van der Waals surface area contributed by atoms with E-state index in [4.69, 9.17) is 0 Å². The maximum absolute atomic E-state index is 3.64. The van der Waals surface area contributed by atoms with Gasteiger partial charge in [0, 0.05) is 0 Å². The minimum absolute atomic E-state index is 0.488. The summed E-state index contributed by atoms with van der Waals surface area (Å²) in [6.45, 7) is 5.08. The first-order valence-electron chi connectivity index (χ1n) is 8.26. The normalized spacial score (nSPS) is 51.3. The summed E-state index contributed by atoms with van der Waals surface area (Å²) < 4.78 is 0. The predicted molar refractivity (Wildman–Crippen MR) is 79.7 cm³/mol. The second-order valence-corrected chi connectivity index (χ2v) is 7.88. The Morgan fingerprint density at radius 1 is 1.16 bits per heavy atom. The minimum Gasteiger partial charge on any atom is -0.126 e. The standard InChI is InChI=1S/C19H26/c1-18-11-5-7-16(18)15-9-8-14-6-3-4-12-19(14,2)17(15)10-13-18/h3,5,11,15-17H,4,7-10,12-13H2,1-2H3/t15-,16-,17-,18-,19-/m0/s1. The highest BCUT2D eigenvalue weighted by Gasteiger charge is 2.54. The third-order valence-electron chi connectivity index (χ3n) is 7.08. The SMILES string of the molecule is C[C@@]12C=CC[C@H]1[C@@H]1CCC3=C=CCC[C@]3(C)[C@H]1CC2. The number of hydrogen-bond acceptors (Lipinski definition) is 0. The van der Waals surface area contributed by atoms with Crippen molar-refractivity contribution in [1.82, 2.24) is 0 Å². The fourth-order valence-corrected chi connectivity index (χ4v) is 5.92. The first-order valence-corrected chi connectivity index (χ1v) is 8.26. The first-order chi connectivity index (χ1) is 9.13. The zero-order valence-corrected chi connectivity index (χ0v) is 12.4. The molecule has 0 aromatic carbocycles. The van der Waals surface area contributed by atoms with E-state index >= 15 is 0 Å². The maximum Gasteiger partial charge on any atom is -0.000652 e. The van der Waals surface area contributed by atoms with E-state index in [1.54, 1.807) is 5.57 Å². The zero-order chi connectivity index (χ0) is 13.1. The smallest absolute Gasteiger partial charge is 0.000652 e. The highest BCUT2D eigenvalue weighted by molar-refractivity contribution is 5.25. The fourth-order valence-electron chi connectivity index (χ4n) is 5.92. The van der Waals surface area contributed by atoms with Gasteiger partial charge in [0.05, 0.1) is 0 Å². The van der Waals surface area contributed by atoms with E-state index in [1.807, 2.05) is 0 Å². The van der Waals surface area contributed by atoms with Crippen LogP contribution in [0.4, 0.5) is 0 Å². The average molecular weight is 254 g/mol. The van der Waals surface area contributed by atoms with Crippen LogP contribution in [0.5, 0.6) is 0 Å². The van der Waals surface area contributed by atoms with Gasteiger partial charge in [0.15, 0.2) is 0 Å². The number of fused-ring (bicyclic) bond motifs is 5. The lowest BCUT2D eigenvalue weighted by Gasteiger charge is -2.56. The molecule has 0 heterocycles. The van der Waals surface area contributed by atoms with E-state index in [0.29, 0.717) is 10.8 Å². The third-order valence-corrected chi connectivity index (χ3v) is 7.08. The van der Waals surface area contributed by atoms with Gasteiger partial charge in [-0.15, -0.1) is 5.73 Å². The van der Waals surface area contributed by atoms with Crippen molar-refractivity contribution in [3.8, 4) is 0 Å². The highest BCUT2D eigenvalue weighted by atomic mass is 14.6. The van der Waals surface area contributed by atoms with E-state index in [2.05, 4.69) is 37.8 Å². The quantitative estimate of drug-likeness (QED) is 0.408. The number of hydrogen-bond donors (Lipinski definition) is 0. The Kier molecular flexibility index (Phi) is 2.46. The van der Waals surface area contributed by atoms with Gasteiger partial charge >= 0.3 is 0 Å². The largest absolute Gasteiger partial charge is 0.126 e. The van der Waals surface area contributed by atoms with Crippen molar-refractivity contribution in [2.45, 2.75) is 58.8 Å². The molecule has 102 valence electrons. The predicted octanol–water partition coefficient (Wildman–Crippen LogP) is 5.27. The van der Waals surface area contributed by atoms with Crippen LogP contribution in [0.2, 0.25) is 0 Å². The van der Waals surface area contributed by atoms with Crippen molar-refractivity contribution in [1.29, 1.82) is 0 Å². The Balaban J connectivity index is 1.72. The van der Waals surface area contributed by atoms with Crippen molar-refractivity contribution in [3.05, 3.63) is 29.5 Å². The Morgan fingerprint density at radius 3 is 2.95 bits per heavy atom. The van der Waals surface area contributed by atoms with Crippen molar-refractivity contribution in [2.75, 3.05) is 0 Å². The van der Waals surface area contributed by atoms with Crippen LogP contribution in [0.15, 0.2) is 29.5 Å². The molecule has 4 aliphatic rings. The summed E-state index contributed by atoms with van der Waals surface area (Å²) in [6.07, 6.45) is 16.9. The lowest BCUT2D eigenvalue weighted by molar-refractivity contribution is -0.0223. The topological polar surface area (TPSA) is 0 Å². The van der Waals surface area contributed by atoms with Gasteiger partial charge in [0.2, 0.25) is 0 Å². The molecule has 0 aliphatic heterocycles. The van der Waals surface area contributed by atoms with E-state index < -0.39 is 0 Å². The summed E-state index contributed by atoms with van der Waals surface area (Å²) in [7, 11) is 0. The number of rotatable bonds is 0. The van der Waals surface area contributed by atoms with E-state index in [9.17, 15) is 0 Å². The Hall–Kier alpha value is -0.740. The molecule has 0 nitrogen and oxygen atoms in total. The van der Waals surface area contributed by atoms with Crippen LogP contribution >= 0.6 is 0 Å². The molecule has 5 atom stereocenters. The van der Waals surface area contributed by atoms with Gasteiger partial charge < -0.3 is 0 Å². The lowest BCUT2D eigenvalue weighted by atomic mass is 9.48. The van der Waals surface area contributed by atoms with Gasteiger partial charge in [-0.3, -0.25) is 0 Å². The van der Waals surface area contributed by atoms with Crippen molar-refractivity contribution < 1.29 is 0 Å². The second-order valence-electron chi connectivity index (χ2n) is 7.88. The minimum atomic E-state index is 0.488. The summed E-state index contributed by atoms with van der Waals surface area (Å²) in [5.41, 5.74) is 6.32. The molecule has 0 radical (unpaired) electrons. The van der Waals surface area contributed by atoms with Crippen molar-refractivity contribution in [2.24, 2.45) is 28.6 Å². The molecule has 0 aromatic rings. The highest BCUT2D eigenvalue weighted by Crippen LogP contribution is 2.63. The lowest BCUT2D eigenvalue weighted by Crippen LogP contribution is -2.48. The van der Waals surface area contributed by atoms with E-state index in [-0.39, 0.29) is 0 Å². The van der Waals surface area contributed by atoms with Crippen LogP contribution in [-0.4, -0.2) is 0 Å². The molecule has 2 saturated carbocycles. The molecule has 0 aromatic heterocycles. The third kappa shape index (κ3) is 1.53. The Morgan fingerprint density at radius 2 is 2.05 bits per heavy atom. The van der Waals surface area contributed by atoms with Crippen LogP contribution in [0.3, 0.4) is 0 Å². The summed E-state index contributed by atoms with van der Waals surface area (Å²) in [4.78, 5) is 0. The van der Waals surface area contributed by atoms with Crippen LogP contribution in [0.25, 0.3) is 0 Å². The Labute approximate surface area is 117 Å². The molecule has 0 saturated heterocycles. The van der Waals surface area contributed by atoms with Gasteiger partial charge in [0.1, 0.15) is 0 Å². The van der Waals surface area contributed by atoms with Gasteiger partial charge in [0.25, 0.3) is 0 Å². The van der Waals surface area contributed by atoms with Crippen LogP contribution in [0, 0.1) is 28.6 Å². The molecule has 0 spiro atoms. The molecule has 0 amide bonds. The van der Waals surface area contributed by atoms with Crippen LogP contribution < -0.4 is 0 Å². The molecule has 4 aliphatic carbocycles. The van der Waals surface area contributed by atoms with Gasteiger partial charge in [-0.25, -0.2) is 0 Å². The van der Waals surface area contributed by atoms with Gasteiger partial charge in [-0.1, -0.05) is 26.0 Å². The zero-order valence-electron chi connectivity index (χ0n) is 12.4. The summed E-state index contributed by atoms with van der Waals surface area (Å²) in [5, 5.41) is 0. The van der Waals surface area contributed by atoms with Gasteiger partial charge in [-0.2, -0.15) is 0 Å². The molecular weight excluding hydrogens is 228 g/mol. The average Bonchev–Trinajstić information content (AvgIpc) is 2.79. The monoisotopic (exact) mass is 254 g/mol. The Bertz CT molecular complexity index is 490. The molecule has 2 fully saturated rings. The molecular formula is C19H26. The molecule has 19 heavy (non-hydrogen) atoms. The molecule has 0 unspecified atom stereocenters. The summed E-state index contributed by atoms with van der Waals surface area (Å²) >= 11 is 0. The molecule has 0 bridgehead atoms. The van der Waals surface area contributed by atoms with E-state index in [1.165, 1.54) is 44.9 Å². The molecule has 0 N–H and O–H groups in total. The number of allylic oxidation sites excluding steroid dienone is 3. The summed E-state index contributed by atoms with van der Waals surface area (Å²) in [5.74, 6) is 2.85. The van der Waals surface area contributed by atoms with Crippen molar-refractivity contribution in [3.63, 3.8) is 0 Å². The van der Waals surface area contributed by atoms with Crippen LogP contribution in [0.1, 0.15) is 58.8 Å².